The summed E-state index contributed by atoms with van der Waals surface area (Å²) in [4.78, 5) is 0. The average Bonchev–Trinajstić information content (AvgIpc) is 2.09. The molecule has 0 unspecified atom stereocenters. The van der Waals surface area contributed by atoms with Crippen LogP contribution in [0.2, 0.25) is 0 Å². The van der Waals surface area contributed by atoms with Gasteiger partial charge < -0.3 is 9.84 Å². The van der Waals surface area contributed by atoms with Gasteiger partial charge in [0.1, 0.15) is 5.75 Å². The summed E-state index contributed by atoms with van der Waals surface area (Å²) in [5, 5.41) is 8.97. The molecule has 1 N–H and O–H groups in total. The average molecular weight is 231 g/mol. The summed E-state index contributed by atoms with van der Waals surface area (Å²) in [6.07, 6.45) is 0. The van der Waals surface area contributed by atoms with Crippen LogP contribution in [0.5, 0.6) is 5.75 Å². The molecule has 66 valence electrons. The summed E-state index contributed by atoms with van der Waals surface area (Å²) >= 11 is 3.39. The smallest absolute Gasteiger partial charge is 0.125 e. The Morgan fingerprint density at radius 2 is 2.17 bits per heavy atom. The molecule has 0 atom stereocenters. The van der Waals surface area contributed by atoms with Crippen molar-refractivity contribution >= 4 is 15.9 Å². The minimum Gasteiger partial charge on any atom is -0.496 e. The molecule has 1 aromatic rings. The molecule has 0 aromatic heterocycles. The Morgan fingerprint density at radius 1 is 1.50 bits per heavy atom. The van der Waals surface area contributed by atoms with Crippen molar-refractivity contribution in [1.29, 1.82) is 0 Å². The van der Waals surface area contributed by atoms with Gasteiger partial charge in [0.25, 0.3) is 0 Å². The molecule has 0 saturated carbocycles. The molecule has 3 heteroatoms. The molecule has 0 heterocycles. The molecule has 0 aliphatic heterocycles. The first-order chi connectivity index (χ1) is 5.69. The van der Waals surface area contributed by atoms with E-state index in [2.05, 4.69) is 15.9 Å². The molecule has 0 aliphatic rings. The highest BCUT2D eigenvalue weighted by molar-refractivity contribution is 9.10. The number of halogens is 1. The molecular weight excluding hydrogens is 220 g/mol. The minimum absolute atomic E-state index is 0.0112. The van der Waals surface area contributed by atoms with Gasteiger partial charge in [-0.15, -0.1) is 0 Å². The normalized spacial score (nSPS) is 10.0. The van der Waals surface area contributed by atoms with Gasteiger partial charge in [-0.2, -0.15) is 0 Å². The zero-order valence-electron chi connectivity index (χ0n) is 7.10. The van der Waals surface area contributed by atoms with Gasteiger partial charge in [0, 0.05) is 10.0 Å². The van der Waals surface area contributed by atoms with Crippen LogP contribution in [0.3, 0.4) is 0 Å². The summed E-state index contributed by atoms with van der Waals surface area (Å²) in [7, 11) is 1.59. The maximum Gasteiger partial charge on any atom is 0.125 e. The lowest BCUT2D eigenvalue weighted by Crippen LogP contribution is -1.93. The second-order valence-electron chi connectivity index (χ2n) is 2.57. The van der Waals surface area contributed by atoms with Crippen LogP contribution in [0.25, 0.3) is 0 Å². The van der Waals surface area contributed by atoms with Crippen LogP contribution in [0, 0.1) is 6.92 Å². The van der Waals surface area contributed by atoms with E-state index in [4.69, 9.17) is 9.84 Å². The fourth-order valence-electron chi connectivity index (χ4n) is 1.04. The number of ether oxygens (including phenoxy) is 1. The van der Waals surface area contributed by atoms with Crippen molar-refractivity contribution in [2.75, 3.05) is 7.11 Å². The van der Waals surface area contributed by atoms with E-state index in [-0.39, 0.29) is 6.61 Å². The molecule has 0 amide bonds. The number of aryl methyl sites for hydroxylation is 1. The second-order valence-corrected chi connectivity index (χ2v) is 3.43. The molecule has 0 saturated heterocycles. The van der Waals surface area contributed by atoms with Crippen LogP contribution in [0.1, 0.15) is 11.1 Å². The lowest BCUT2D eigenvalue weighted by molar-refractivity contribution is 0.273. The van der Waals surface area contributed by atoms with Crippen molar-refractivity contribution in [3.63, 3.8) is 0 Å². The quantitative estimate of drug-likeness (QED) is 0.845. The highest BCUT2D eigenvalue weighted by atomic mass is 79.9. The predicted molar refractivity (Wildman–Crippen MR) is 51.4 cm³/mol. The zero-order valence-corrected chi connectivity index (χ0v) is 8.68. The monoisotopic (exact) mass is 230 g/mol. The van der Waals surface area contributed by atoms with Gasteiger partial charge in [0.15, 0.2) is 0 Å². The molecule has 1 aromatic carbocycles. The summed E-state index contributed by atoms with van der Waals surface area (Å²) in [6, 6.07) is 3.77. The lowest BCUT2D eigenvalue weighted by atomic mass is 10.1. The van der Waals surface area contributed by atoms with E-state index in [1.807, 2.05) is 19.1 Å². The summed E-state index contributed by atoms with van der Waals surface area (Å²) < 4.78 is 6.08. The van der Waals surface area contributed by atoms with Gasteiger partial charge in [-0.05, 0) is 24.6 Å². The first-order valence-electron chi connectivity index (χ1n) is 3.63. The Morgan fingerprint density at radius 3 is 2.67 bits per heavy atom. The van der Waals surface area contributed by atoms with Crippen molar-refractivity contribution in [3.05, 3.63) is 27.7 Å². The zero-order chi connectivity index (χ0) is 9.14. The van der Waals surface area contributed by atoms with Gasteiger partial charge in [-0.1, -0.05) is 15.9 Å². The SMILES string of the molecule is COc1cc(Br)c(C)cc1CO. The van der Waals surface area contributed by atoms with Crippen molar-refractivity contribution in [1.82, 2.24) is 0 Å². The van der Waals surface area contributed by atoms with Gasteiger partial charge in [-0.3, -0.25) is 0 Å². The first kappa shape index (κ1) is 9.55. The predicted octanol–water partition coefficient (Wildman–Crippen LogP) is 2.26. The Balaban J connectivity index is 3.19. The van der Waals surface area contributed by atoms with E-state index in [1.165, 1.54) is 0 Å². The van der Waals surface area contributed by atoms with Gasteiger partial charge >= 0.3 is 0 Å². The molecule has 0 aliphatic carbocycles. The molecule has 0 fully saturated rings. The molecule has 12 heavy (non-hydrogen) atoms. The fourth-order valence-corrected chi connectivity index (χ4v) is 1.36. The third kappa shape index (κ3) is 1.79. The van der Waals surface area contributed by atoms with E-state index in [1.54, 1.807) is 7.11 Å². The topological polar surface area (TPSA) is 29.5 Å². The molecule has 2 nitrogen and oxygen atoms in total. The maximum absolute atomic E-state index is 8.97. The number of aliphatic hydroxyl groups excluding tert-OH is 1. The Kier molecular flexibility index (Phi) is 3.12. The maximum atomic E-state index is 8.97. The summed E-state index contributed by atoms with van der Waals surface area (Å²) in [5.41, 5.74) is 1.91. The number of hydrogen-bond donors (Lipinski definition) is 1. The summed E-state index contributed by atoms with van der Waals surface area (Å²) in [5.74, 6) is 0.718. The standard InChI is InChI=1S/C9H11BrO2/c1-6-3-7(5-11)9(12-2)4-8(6)10/h3-4,11H,5H2,1-2H3. The third-order valence-electron chi connectivity index (χ3n) is 1.73. The molecule has 1 rings (SSSR count). The van der Waals surface area contributed by atoms with Crippen LogP contribution < -0.4 is 4.74 Å². The van der Waals surface area contributed by atoms with Crippen LogP contribution in [-0.4, -0.2) is 12.2 Å². The van der Waals surface area contributed by atoms with Crippen LogP contribution in [0.4, 0.5) is 0 Å². The Bertz CT molecular complexity index is 255. The van der Waals surface area contributed by atoms with Crippen molar-refractivity contribution in [2.24, 2.45) is 0 Å². The van der Waals surface area contributed by atoms with Crippen molar-refractivity contribution in [3.8, 4) is 5.75 Å². The highest BCUT2D eigenvalue weighted by Crippen LogP contribution is 2.26. The van der Waals surface area contributed by atoms with E-state index in [9.17, 15) is 0 Å². The first-order valence-corrected chi connectivity index (χ1v) is 4.42. The number of benzene rings is 1. The van der Waals surface area contributed by atoms with Crippen LogP contribution in [-0.2, 0) is 6.61 Å². The number of rotatable bonds is 2. The van der Waals surface area contributed by atoms with E-state index in [0.29, 0.717) is 0 Å². The van der Waals surface area contributed by atoms with E-state index < -0.39 is 0 Å². The summed E-state index contributed by atoms with van der Waals surface area (Å²) in [6.45, 7) is 1.99. The number of aliphatic hydroxyl groups is 1. The lowest BCUT2D eigenvalue weighted by Gasteiger charge is -2.08. The number of hydrogen-bond acceptors (Lipinski definition) is 2. The molecule has 0 spiro atoms. The minimum atomic E-state index is 0.0112. The second kappa shape index (κ2) is 3.92. The molecular formula is C9H11BrO2. The van der Waals surface area contributed by atoms with Gasteiger partial charge in [-0.25, -0.2) is 0 Å². The third-order valence-corrected chi connectivity index (χ3v) is 2.59. The van der Waals surface area contributed by atoms with Crippen molar-refractivity contribution in [2.45, 2.75) is 13.5 Å². The van der Waals surface area contributed by atoms with E-state index in [0.717, 1.165) is 21.3 Å². The largest absolute Gasteiger partial charge is 0.496 e. The van der Waals surface area contributed by atoms with Crippen LogP contribution >= 0.6 is 15.9 Å². The Hall–Kier alpha value is -0.540. The van der Waals surface area contributed by atoms with E-state index >= 15 is 0 Å². The highest BCUT2D eigenvalue weighted by Gasteiger charge is 2.04. The number of methoxy groups -OCH3 is 1. The van der Waals surface area contributed by atoms with Crippen LogP contribution in [0.15, 0.2) is 16.6 Å². The molecule has 0 bridgehead atoms. The van der Waals surface area contributed by atoms with Gasteiger partial charge in [0.2, 0.25) is 0 Å². The fraction of sp³-hybridized carbons (Fsp3) is 0.333. The van der Waals surface area contributed by atoms with Gasteiger partial charge in [0.05, 0.1) is 13.7 Å². The van der Waals surface area contributed by atoms with Crippen molar-refractivity contribution < 1.29 is 9.84 Å². The Labute approximate surface area is 80.3 Å². The molecule has 0 radical (unpaired) electrons.